The molecule has 0 radical (unpaired) electrons. The van der Waals surface area contributed by atoms with Crippen molar-refractivity contribution in [2.45, 2.75) is 39.2 Å². The Balaban J connectivity index is 1.39. The van der Waals surface area contributed by atoms with Gasteiger partial charge in [-0.15, -0.1) is 0 Å². The van der Waals surface area contributed by atoms with Gasteiger partial charge in [0.15, 0.2) is 5.82 Å². The van der Waals surface area contributed by atoms with Crippen molar-refractivity contribution in [1.29, 1.82) is 0 Å². The monoisotopic (exact) mass is 478 g/mol. The highest BCUT2D eigenvalue weighted by Crippen LogP contribution is 2.38. The van der Waals surface area contributed by atoms with Gasteiger partial charge in [0.1, 0.15) is 11.9 Å². The summed E-state index contributed by atoms with van der Waals surface area (Å²) >= 11 is 0. The number of hydrogen-bond acceptors (Lipinski definition) is 7. The molecule has 2 aliphatic heterocycles. The van der Waals surface area contributed by atoms with E-state index in [-0.39, 0.29) is 23.5 Å². The Morgan fingerprint density at radius 1 is 1.26 bits per heavy atom. The van der Waals surface area contributed by atoms with Gasteiger partial charge in [0.2, 0.25) is 5.91 Å². The molecule has 2 aliphatic rings. The molecule has 4 heterocycles. The lowest BCUT2D eigenvalue weighted by Crippen LogP contribution is -2.55. The van der Waals surface area contributed by atoms with Crippen LogP contribution in [0.4, 0.5) is 26.4 Å². The number of rotatable bonds is 4. The van der Waals surface area contributed by atoms with Crippen molar-refractivity contribution in [2.24, 2.45) is 0 Å². The lowest BCUT2D eigenvalue weighted by molar-refractivity contribution is -0.140. The molecule has 1 fully saturated rings. The molecule has 0 bridgehead atoms. The number of halogens is 1. The maximum absolute atomic E-state index is 15.3. The Kier molecular flexibility index (Phi) is 5.88. The second-order valence-corrected chi connectivity index (χ2v) is 8.90. The van der Waals surface area contributed by atoms with Gasteiger partial charge in [-0.05, 0) is 42.8 Å². The molecule has 0 atom stereocenters. The van der Waals surface area contributed by atoms with Gasteiger partial charge in [0, 0.05) is 41.9 Å². The summed E-state index contributed by atoms with van der Waals surface area (Å²) < 4.78 is 20.7. The first-order valence-electron chi connectivity index (χ1n) is 11.7. The molecule has 10 heteroatoms. The van der Waals surface area contributed by atoms with E-state index in [1.165, 1.54) is 6.20 Å². The number of ether oxygens (including phenoxy) is 1. The number of nitrogens with two attached hydrogens (primary N) is 1. The predicted molar refractivity (Wildman–Crippen MR) is 132 cm³/mol. The minimum absolute atomic E-state index is 0.0145. The normalized spacial score (nSPS) is 15.2. The molecular weight excluding hydrogens is 451 g/mol. The van der Waals surface area contributed by atoms with Crippen molar-refractivity contribution in [3.05, 3.63) is 41.6 Å². The zero-order valence-electron chi connectivity index (χ0n) is 19.7. The van der Waals surface area contributed by atoms with E-state index in [0.717, 1.165) is 36.3 Å². The van der Waals surface area contributed by atoms with Crippen LogP contribution in [0.3, 0.4) is 0 Å². The number of fused-ring (bicyclic) bond motifs is 2. The maximum Gasteiger partial charge on any atom is 0.413 e. The number of hydrogen-bond donors (Lipinski definition) is 3. The number of nitrogens with one attached hydrogen (secondary N) is 2. The molecule has 0 spiro atoms. The van der Waals surface area contributed by atoms with Gasteiger partial charge in [-0.25, -0.2) is 14.2 Å². The second kappa shape index (κ2) is 9.01. The van der Waals surface area contributed by atoms with Crippen LogP contribution in [-0.2, 0) is 16.0 Å². The molecule has 9 nitrogen and oxygen atoms in total. The minimum Gasteiger partial charge on any atom is -0.442 e. The number of nitrogens with zero attached hydrogens (tertiary/aromatic N) is 3. The van der Waals surface area contributed by atoms with Crippen LogP contribution in [0.1, 0.15) is 31.0 Å². The van der Waals surface area contributed by atoms with E-state index in [9.17, 15) is 9.59 Å². The fourth-order valence-electron chi connectivity index (χ4n) is 4.61. The van der Waals surface area contributed by atoms with Crippen LogP contribution in [0.2, 0.25) is 0 Å². The van der Waals surface area contributed by atoms with Crippen LogP contribution in [0, 0.1) is 12.7 Å². The average molecular weight is 479 g/mol. The third kappa shape index (κ3) is 4.20. The number of anilines is 3. The first kappa shape index (κ1) is 22.8. The Morgan fingerprint density at radius 2 is 2.06 bits per heavy atom. The largest absolute Gasteiger partial charge is 0.442 e. The van der Waals surface area contributed by atoms with Crippen molar-refractivity contribution in [3.63, 3.8) is 0 Å². The van der Waals surface area contributed by atoms with Gasteiger partial charge < -0.3 is 20.7 Å². The van der Waals surface area contributed by atoms with Gasteiger partial charge in [0.05, 0.1) is 30.2 Å². The summed E-state index contributed by atoms with van der Waals surface area (Å²) in [5, 5.41) is 7.04. The third-order valence-electron chi connectivity index (χ3n) is 6.61. The Hall–Kier alpha value is -3.95. The Labute approximate surface area is 201 Å². The molecule has 0 saturated carbocycles. The third-order valence-corrected chi connectivity index (χ3v) is 6.61. The van der Waals surface area contributed by atoms with Gasteiger partial charge >= 0.3 is 6.09 Å². The number of carbonyl (C=O) groups is 2. The summed E-state index contributed by atoms with van der Waals surface area (Å²) in [6.45, 7) is 5.35. The fraction of sp³-hybridized carbons (Fsp3) is 0.360. The number of benzene rings is 1. The number of carbonyl (C=O) groups excluding carboxylic acids is 2. The quantitative estimate of drug-likeness (QED) is 0.487. The number of pyridine rings is 2. The molecule has 2 amide bonds. The van der Waals surface area contributed by atoms with Crippen LogP contribution in [0.5, 0.6) is 0 Å². The summed E-state index contributed by atoms with van der Waals surface area (Å²) in [5.41, 5.74) is 9.97. The Bertz CT molecular complexity index is 1340. The van der Waals surface area contributed by atoms with Crippen LogP contribution in [0.15, 0.2) is 24.5 Å². The number of aromatic nitrogens is 2. The molecule has 182 valence electrons. The highest BCUT2D eigenvalue weighted by molar-refractivity contribution is 5.99. The van der Waals surface area contributed by atoms with E-state index in [4.69, 9.17) is 10.5 Å². The number of amides is 2. The van der Waals surface area contributed by atoms with E-state index in [1.807, 2.05) is 6.92 Å². The van der Waals surface area contributed by atoms with E-state index < -0.39 is 11.9 Å². The number of nitrogen functional groups attached to an aromatic ring is 1. The molecule has 1 saturated heterocycles. The summed E-state index contributed by atoms with van der Waals surface area (Å²) in [7, 11) is 0. The van der Waals surface area contributed by atoms with Crippen molar-refractivity contribution >= 4 is 40.0 Å². The molecule has 2 aromatic heterocycles. The maximum atomic E-state index is 15.3. The highest BCUT2D eigenvalue weighted by Gasteiger charge is 2.32. The number of aryl methyl sites for hydroxylation is 1. The summed E-state index contributed by atoms with van der Waals surface area (Å²) in [4.78, 5) is 34.3. The first-order chi connectivity index (χ1) is 16.9. The molecule has 4 N–H and O–H groups in total. The van der Waals surface area contributed by atoms with Crippen molar-refractivity contribution < 1.29 is 18.7 Å². The summed E-state index contributed by atoms with van der Waals surface area (Å²) in [6, 6.07) is 3.32. The first-order valence-corrected chi connectivity index (χ1v) is 11.7. The average Bonchev–Trinajstić information content (AvgIpc) is 2.83. The highest BCUT2D eigenvalue weighted by atomic mass is 19.1. The molecule has 35 heavy (non-hydrogen) atoms. The molecule has 1 aromatic carbocycles. The lowest BCUT2D eigenvalue weighted by atomic mass is 9.95. The van der Waals surface area contributed by atoms with E-state index >= 15 is 4.39 Å². The zero-order chi connectivity index (χ0) is 24.7. The lowest BCUT2D eigenvalue weighted by Gasteiger charge is -2.38. The summed E-state index contributed by atoms with van der Waals surface area (Å²) in [5.74, 6) is -0.249. The topological polar surface area (TPSA) is 122 Å². The molecule has 0 unspecified atom stereocenters. The Morgan fingerprint density at radius 3 is 2.83 bits per heavy atom. The van der Waals surface area contributed by atoms with Gasteiger partial charge in [-0.1, -0.05) is 6.92 Å². The predicted octanol–water partition coefficient (Wildman–Crippen LogP) is 3.85. The smallest absolute Gasteiger partial charge is 0.413 e. The van der Waals surface area contributed by atoms with Crippen LogP contribution >= 0.6 is 0 Å². The summed E-state index contributed by atoms with van der Waals surface area (Å²) in [6.07, 6.45) is 4.42. The standard InChI is InChI=1S/C25H27FN6O3/c1-3-21(33)32-11-15(12-32)35-25(34)31-20-8-14-7-16(22(26)23(27)18(14)10-30-20)17-9-29-19-5-4-6-28-24(19)13(17)2/h7-10,15,28H,3-6,11-12,27H2,1-2H3,(H,30,31,34). The van der Waals surface area contributed by atoms with E-state index in [1.54, 1.807) is 30.2 Å². The van der Waals surface area contributed by atoms with Crippen molar-refractivity contribution in [3.8, 4) is 11.1 Å². The van der Waals surface area contributed by atoms with Crippen molar-refractivity contribution in [1.82, 2.24) is 14.9 Å². The van der Waals surface area contributed by atoms with Gasteiger partial charge in [-0.3, -0.25) is 15.1 Å². The zero-order valence-corrected chi connectivity index (χ0v) is 19.7. The number of likely N-dealkylation sites (tertiary alicyclic amines) is 1. The molecule has 5 rings (SSSR count). The SMILES string of the molecule is CCC(=O)N1CC(OC(=O)Nc2cc3cc(-c4cnc5c(c4C)NCCC5)c(F)c(N)c3cn2)C1. The van der Waals surface area contributed by atoms with Gasteiger partial charge in [0.25, 0.3) is 0 Å². The van der Waals surface area contributed by atoms with E-state index in [0.29, 0.717) is 41.4 Å². The van der Waals surface area contributed by atoms with Crippen LogP contribution in [0.25, 0.3) is 21.9 Å². The minimum atomic E-state index is -0.665. The van der Waals surface area contributed by atoms with E-state index in [2.05, 4.69) is 20.6 Å². The van der Waals surface area contributed by atoms with Crippen LogP contribution < -0.4 is 16.4 Å². The fourth-order valence-corrected chi connectivity index (χ4v) is 4.61. The van der Waals surface area contributed by atoms with Crippen LogP contribution in [-0.4, -0.2) is 52.6 Å². The molecular formula is C25H27FN6O3. The van der Waals surface area contributed by atoms with Gasteiger partial charge in [-0.2, -0.15) is 0 Å². The molecule has 3 aromatic rings. The van der Waals surface area contributed by atoms with Crippen molar-refractivity contribution in [2.75, 3.05) is 36.0 Å². The molecule has 0 aliphatic carbocycles. The second-order valence-electron chi connectivity index (χ2n) is 8.90.